The highest BCUT2D eigenvalue weighted by Crippen LogP contribution is 2.37. The topological polar surface area (TPSA) is 202 Å². The normalized spacial score (nSPS) is 17.9. The molecule has 17 heteroatoms. The average Bonchev–Trinajstić information content (AvgIpc) is 3.62. The number of carbonyl (C=O) groups is 2. The molecular formula is C26H33N10O4S3+. The quantitative estimate of drug-likeness (QED) is 0.173. The van der Waals surface area contributed by atoms with E-state index in [4.69, 9.17) is 16.6 Å². The highest BCUT2D eigenvalue weighted by atomic mass is 32.2. The number of fused-ring (bicyclic) bond motifs is 2. The molecule has 14 nitrogen and oxygen atoms in total. The largest absolute Gasteiger partial charge is 0.397 e. The van der Waals surface area contributed by atoms with Crippen LogP contribution in [0.4, 0.5) is 11.4 Å². The van der Waals surface area contributed by atoms with Crippen LogP contribution in [0.25, 0.3) is 20.4 Å². The van der Waals surface area contributed by atoms with Gasteiger partial charge in [0.25, 0.3) is 16.6 Å². The maximum Gasteiger partial charge on any atom is 0.298 e. The van der Waals surface area contributed by atoms with Crippen LogP contribution in [-0.2, 0) is 16.6 Å². The molecule has 43 heavy (non-hydrogen) atoms. The minimum absolute atomic E-state index is 0.0734. The molecule has 2 saturated heterocycles. The molecular weight excluding hydrogens is 613 g/mol. The zero-order valence-corrected chi connectivity index (χ0v) is 26.6. The van der Waals surface area contributed by atoms with E-state index in [-0.39, 0.29) is 42.7 Å². The Morgan fingerprint density at radius 1 is 1.00 bits per heavy atom. The minimum atomic E-state index is -3.33. The van der Waals surface area contributed by atoms with E-state index in [2.05, 4.69) is 26.1 Å². The van der Waals surface area contributed by atoms with Crippen LogP contribution >= 0.6 is 22.7 Å². The molecule has 228 valence electrons. The highest BCUT2D eigenvalue weighted by Gasteiger charge is 2.33. The molecule has 0 radical (unpaired) electrons. The third kappa shape index (κ3) is 5.28. The third-order valence-electron chi connectivity index (χ3n) is 8.10. The van der Waals surface area contributed by atoms with Gasteiger partial charge in [0.1, 0.15) is 20.3 Å². The van der Waals surface area contributed by atoms with Crippen LogP contribution in [0, 0.1) is 20.8 Å². The Labute approximate surface area is 255 Å². The molecule has 7 N–H and O–H groups in total. The Morgan fingerprint density at radius 2 is 1.65 bits per heavy atom. The van der Waals surface area contributed by atoms with E-state index in [0.717, 1.165) is 57.7 Å². The SMILES string of the molecule is Cc1nnc2sc(C(=O)NC3CCN(S(C)(=O)=O)C3)c(N)c2c1C[n+]1nc(C)c(C)c2c(N)c(C(=O)NC3CNC3)sc21. The second kappa shape index (κ2) is 10.9. The third-order valence-corrected chi connectivity index (χ3v) is 11.7. The molecule has 2 fully saturated rings. The number of carbonyl (C=O) groups excluding carboxylic acids is 2. The number of hydrogen-bond donors (Lipinski definition) is 5. The first kappa shape index (κ1) is 29.6. The van der Waals surface area contributed by atoms with Gasteiger partial charge in [0.2, 0.25) is 16.6 Å². The molecule has 0 saturated carbocycles. The summed E-state index contributed by atoms with van der Waals surface area (Å²) in [6.07, 6.45) is 1.67. The fraction of sp³-hybridized carbons (Fsp3) is 0.462. The van der Waals surface area contributed by atoms with Gasteiger partial charge in [0, 0.05) is 37.6 Å². The Morgan fingerprint density at radius 3 is 2.28 bits per heavy atom. The summed E-state index contributed by atoms with van der Waals surface area (Å²) in [6.45, 7) is 7.93. The van der Waals surface area contributed by atoms with E-state index >= 15 is 0 Å². The van der Waals surface area contributed by atoms with E-state index in [1.165, 1.54) is 15.6 Å². The molecule has 1 unspecified atom stereocenters. The summed E-state index contributed by atoms with van der Waals surface area (Å²) in [5.74, 6) is -0.593. The van der Waals surface area contributed by atoms with E-state index in [0.29, 0.717) is 44.3 Å². The van der Waals surface area contributed by atoms with Crippen LogP contribution in [0.15, 0.2) is 0 Å². The molecule has 0 aliphatic carbocycles. The molecule has 6 rings (SSSR count). The van der Waals surface area contributed by atoms with Crippen molar-refractivity contribution in [1.82, 2.24) is 35.6 Å². The number of amides is 2. The fourth-order valence-corrected chi connectivity index (χ4v) is 8.44. The van der Waals surface area contributed by atoms with Crippen LogP contribution in [0.5, 0.6) is 0 Å². The van der Waals surface area contributed by atoms with Gasteiger partial charge >= 0.3 is 0 Å². The van der Waals surface area contributed by atoms with E-state index in [1.807, 2.05) is 20.8 Å². The Kier molecular flexibility index (Phi) is 7.48. The number of thiophene rings is 2. The summed E-state index contributed by atoms with van der Waals surface area (Å²) < 4.78 is 27.0. The van der Waals surface area contributed by atoms with E-state index in [1.54, 1.807) is 4.68 Å². The number of nitrogens with one attached hydrogen (secondary N) is 3. The summed E-state index contributed by atoms with van der Waals surface area (Å²) in [4.78, 5) is 28.4. The van der Waals surface area contributed by atoms with Crippen LogP contribution in [0.2, 0.25) is 0 Å². The maximum absolute atomic E-state index is 13.3. The van der Waals surface area contributed by atoms with Crippen molar-refractivity contribution in [2.75, 3.05) is 43.9 Å². The lowest BCUT2D eigenvalue weighted by atomic mass is 10.1. The molecule has 2 aliphatic rings. The second-order valence-electron chi connectivity index (χ2n) is 11.1. The van der Waals surface area contributed by atoms with Gasteiger partial charge in [-0.05, 0) is 37.9 Å². The predicted octanol–water partition coefficient (Wildman–Crippen LogP) is 0.192. The van der Waals surface area contributed by atoms with Gasteiger partial charge in [-0.25, -0.2) is 12.7 Å². The molecule has 0 aromatic carbocycles. The van der Waals surface area contributed by atoms with Crippen LogP contribution in [0.3, 0.4) is 0 Å². The lowest BCUT2D eigenvalue weighted by Crippen LogP contribution is -2.56. The lowest BCUT2D eigenvalue weighted by molar-refractivity contribution is -0.720. The lowest BCUT2D eigenvalue weighted by Gasteiger charge is -2.27. The van der Waals surface area contributed by atoms with Gasteiger partial charge in [-0.2, -0.15) is 5.10 Å². The molecule has 6 heterocycles. The summed E-state index contributed by atoms with van der Waals surface area (Å²) in [5.41, 5.74) is 16.9. The van der Waals surface area contributed by atoms with Crippen LogP contribution in [0.1, 0.15) is 48.3 Å². The van der Waals surface area contributed by atoms with Crippen LogP contribution in [-0.4, -0.2) is 84.4 Å². The van der Waals surface area contributed by atoms with E-state index in [9.17, 15) is 18.0 Å². The number of anilines is 2. The van der Waals surface area contributed by atoms with Gasteiger partial charge in [0.05, 0.1) is 40.3 Å². The summed E-state index contributed by atoms with van der Waals surface area (Å²) in [6, 6.07) is -0.247. The van der Waals surface area contributed by atoms with Gasteiger partial charge in [-0.3, -0.25) is 9.59 Å². The molecule has 2 aliphatic heterocycles. The average molecular weight is 646 g/mol. The summed E-state index contributed by atoms with van der Waals surface area (Å²) >= 11 is 2.43. The van der Waals surface area contributed by atoms with Gasteiger partial charge in [-0.15, -0.1) is 16.4 Å². The van der Waals surface area contributed by atoms with Crippen molar-refractivity contribution in [3.8, 4) is 0 Å². The number of nitrogens with two attached hydrogens (primary N) is 2. The second-order valence-corrected chi connectivity index (χ2v) is 15.1. The standard InChI is InChI=1S/C26H32N10O4S3/c1-11-12(2)34-36(26-17(11)19(27)22(42-26)24(38)31-15-7-29-8-15)10-16-13(3)32-33-25-18(16)20(28)21(41-25)23(37)30-14-5-6-35(9-14)43(4,39)40/h14-15,29H,5-10H2,1-4H3,(H5-,27,28,30,31,37,38)/p+1. The highest BCUT2D eigenvalue weighted by molar-refractivity contribution is 7.88. The number of nitrogens with zero attached hydrogens (tertiary/aromatic N) is 5. The maximum atomic E-state index is 13.3. The number of aromatic nitrogens is 4. The van der Waals surface area contributed by atoms with Crippen molar-refractivity contribution in [3.63, 3.8) is 0 Å². The van der Waals surface area contributed by atoms with Gasteiger partial charge < -0.3 is 27.4 Å². The zero-order chi connectivity index (χ0) is 30.8. The predicted molar refractivity (Wildman–Crippen MR) is 166 cm³/mol. The van der Waals surface area contributed by atoms with Crippen molar-refractivity contribution in [1.29, 1.82) is 0 Å². The van der Waals surface area contributed by atoms with E-state index < -0.39 is 10.0 Å². The number of nitrogen functional groups attached to an aromatic ring is 2. The van der Waals surface area contributed by atoms with Gasteiger partial charge in [0.15, 0.2) is 0 Å². The Balaban J connectivity index is 1.35. The van der Waals surface area contributed by atoms with Crippen molar-refractivity contribution in [2.45, 2.75) is 45.8 Å². The Bertz CT molecular complexity index is 1920. The van der Waals surface area contributed by atoms with Crippen molar-refractivity contribution < 1.29 is 22.7 Å². The molecule has 4 aromatic rings. The van der Waals surface area contributed by atoms with Crippen molar-refractivity contribution in [2.24, 2.45) is 0 Å². The first-order chi connectivity index (χ1) is 20.3. The molecule has 1 atom stereocenters. The smallest absolute Gasteiger partial charge is 0.298 e. The number of rotatable bonds is 7. The molecule has 4 aromatic heterocycles. The summed E-state index contributed by atoms with van der Waals surface area (Å²) in [7, 11) is -3.33. The molecule has 2 amide bonds. The molecule has 0 spiro atoms. The first-order valence-corrected chi connectivity index (χ1v) is 17.2. The first-order valence-electron chi connectivity index (χ1n) is 13.7. The zero-order valence-electron chi connectivity index (χ0n) is 24.1. The fourth-order valence-electron chi connectivity index (χ4n) is 5.44. The van der Waals surface area contributed by atoms with Crippen molar-refractivity contribution >= 4 is 76.3 Å². The summed E-state index contributed by atoms with van der Waals surface area (Å²) in [5, 5.41) is 24.0. The monoisotopic (exact) mass is 645 g/mol. The number of hydrogen-bond acceptors (Lipinski definition) is 12. The minimum Gasteiger partial charge on any atom is -0.397 e. The number of sulfonamides is 1. The van der Waals surface area contributed by atoms with Crippen LogP contribution < -0.4 is 32.1 Å². The number of aryl methyl sites for hydroxylation is 3. The van der Waals surface area contributed by atoms with Gasteiger partial charge in [-0.1, -0.05) is 16.0 Å². The Hall–Kier alpha value is -3.51. The van der Waals surface area contributed by atoms with Crippen molar-refractivity contribution in [3.05, 3.63) is 32.3 Å². The molecule has 0 bridgehead atoms.